The summed E-state index contributed by atoms with van der Waals surface area (Å²) in [6, 6.07) is 0. The number of allylic oxidation sites excluding steroid dienone is 2. The predicted octanol–water partition coefficient (Wildman–Crippen LogP) is 0.736. The van der Waals surface area contributed by atoms with E-state index < -0.39 is 0 Å². The van der Waals surface area contributed by atoms with Gasteiger partial charge in [-0.2, -0.15) is 0 Å². The minimum atomic E-state index is -0.327. The number of carbonyl (C=O) groups is 1. The SMILES string of the molecule is C/C=C/C#COC(=O)C1CN=CNC1.Cl. The summed E-state index contributed by atoms with van der Waals surface area (Å²) in [6.45, 7) is 2.88. The summed E-state index contributed by atoms with van der Waals surface area (Å²) in [5.41, 5.74) is 0. The molecule has 1 aliphatic heterocycles. The highest BCUT2D eigenvalue weighted by atomic mass is 35.5. The molecule has 0 aromatic rings. The van der Waals surface area contributed by atoms with Crippen molar-refractivity contribution < 1.29 is 9.53 Å². The zero-order chi connectivity index (χ0) is 10.2. The van der Waals surface area contributed by atoms with Crippen LogP contribution in [0, 0.1) is 17.9 Å². The van der Waals surface area contributed by atoms with Gasteiger partial charge in [-0.1, -0.05) is 6.08 Å². The number of ether oxygens (including phenoxy) is 1. The lowest BCUT2D eigenvalue weighted by atomic mass is 10.1. The van der Waals surface area contributed by atoms with E-state index in [-0.39, 0.29) is 24.3 Å². The average Bonchev–Trinajstić information content (AvgIpc) is 2.25. The molecule has 1 unspecified atom stereocenters. The first-order valence-electron chi connectivity index (χ1n) is 4.38. The third kappa shape index (κ3) is 5.08. The van der Waals surface area contributed by atoms with E-state index in [0.717, 1.165) is 0 Å². The van der Waals surface area contributed by atoms with Gasteiger partial charge in [0.25, 0.3) is 0 Å². The second-order valence-electron chi connectivity index (χ2n) is 2.77. The molecule has 0 saturated carbocycles. The van der Waals surface area contributed by atoms with Crippen LogP contribution >= 0.6 is 12.4 Å². The van der Waals surface area contributed by atoms with Crippen molar-refractivity contribution in [2.45, 2.75) is 6.92 Å². The maximum absolute atomic E-state index is 11.3. The summed E-state index contributed by atoms with van der Waals surface area (Å²) < 4.78 is 4.72. The molecule has 0 bridgehead atoms. The quantitative estimate of drug-likeness (QED) is 0.532. The van der Waals surface area contributed by atoms with Crippen molar-refractivity contribution in [1.82, 2.24) is 5.32 Å². The van der Waals surface area contributed by atoms with E-state index in [9.17, 15) is 4.79 Å². The summed E-state index contributed by atoms with van der Waals surface area (Å²) in [6.07, 6.45) is 7.30. The maximum Gasteiger partial charge on any atom is 0.326 e. The van der Waals surface area contributed by atoms with E-state index in [0.29, 0.717) is 13.1 Å². The van der Waals surface area contributed by atoms with Gasteiger partial charge in [-0.15, -0.1) is 12.4 Å². The minimum absolute atomic E-state index is 0. The fraction of sp³-hybridized carbons (Fsp3) is 0.400. The first kappa shape index (κ1) is 13.5. The Kier molecular flexibility index (Phi) is 7.12. The van der Waals surface area contributed by atoms with Crippen molar-refractivity contribution in [3.63, 3.8) is 0 Å². The van der Waals surface area contributed by atoms with E-state index in [4.69, 9.17) is 4.74 Å². The third-order valence-corrected chi connectivity index (χ3v) is 1.67. The number of hydrogen-bond acceptors (Lipinski definition) is 4. The van der Waals surface area contributed by atoms with Gasteiger partial charge in [0.05, 0.1) is 18.8 Å². The van der Waals surface area contributed by atoms with Crippen LogP contribution in [0.3, 0.4) is 0 Å². The van der Waals surface area contributed by atoms with Crippen molar-refractivity contribution in [3.8, 4) is 12.0 Å². The molecule has 0 aliphatic carbocycles. The van der Waals surface area contributed by atoms with Crippen LogP contribution in [-0.2, 0) is 9.53 Å². The van der Waals surface area contributed by atoms with Gasteiger partial charge < -0.3 is 10.1 Å². The van der Waals surface area contributed by atoms with E-state index in [2.05, 4.69) is 22.3 Å². The molecule has 4 nitrogen and oxygen atoms in total. The molecule has 0 spiro atoms. The Hall–Kier alpha value is -1.47. The Morgan fingerprint density at radius 3 is 3.13 bits per heavy atom. The van der Waals surface area contributed by atoms with E-state index in [1.54, 1.807) is 18.5 Å². The Balaban J connectivity index is 0.00000196. The number of hydrogen-bond donors (Lipinski definition) is 1. The smallest absolute Gasteiger partial charge is 0.326 e. The lowest BCUT2D eigenvalue weighted by Gasteiger charge is -2.14. The number of nitrogens with zero attached hydrogens (tertiary/aromatic N) is 1. The van der Waals surface area contributed by atoms with Crippen molar-refractivity contribution in [3.05, 3.63) is 12.2 Å². The van der Waals surface area contributed by atoms with Crippen LogP contribution < -0.4 is 5.32 Å². The molecule has 1 atom stereocenters. The summed E-state index contributed by atoms with van der Waals surface area (Å²) in [4.78, 5) is 15.2. The number of rotatable bonds is 1. The van der Waals surface area contributed by atoms with Gasteiger partial charge in [0.1, 0.15) is 6.11 Å². The summed E-state index contributed by atoms with van der Waals surface area (Å²) >= 11 is 0. The fourth-order valence-corrected chi connectivity index (χ4v) is 0.942. The molecule has 1 N–H and O–H groups in total. The fourth-order valence-electron chi connectivity index (χ4n) is 0.942. The number of carbonyl (C=O) groups excluding carboxylic acids is 1. The maximum atomic E-state index is 11.3. The standard InChI is InChI=1S/C10H12N2O2.ClH/c1-2-3-4-5-14-10(13)9-6-11-8-12-7-9;/h2-3,8-9H,6-7H2,1H3,(H,11,12);1H/b3-2+;. The van der Waals surface area contributed by atoms with Crippen LogP contribution in [0.2, 0.25) is 0 Å². The third-order valence-electron chi connectivity index (χ3n) is 1.67. The average molecular weight is 229 g/mol. The van der Waals surface area contributed by atoms with Crippen molar-refractivity contribution >= 4 is 24.7 Å². The Morgan fingerprint density at radius 2 is 2.53 bits per heavy atom. The highest BCUT2D eigenvalue weighted by Crippen LogP contribution is 2.01. The van der Waals surface area contributed by atoms with Gasteiger partial charge in [0.2, 0.25) is 0 Å². The topological polar surface area (TPSA) is 50.7 Å². The van der Waals surface area contributed by atoms with Gasteiger partial charge in [0, 0.05) is 6.54 Å². The van der Waals surface area contributed by atoms with Crippen molar-refractivity contribution in [1.29, 1.82) is 0 Å². The van der Waals surface area contributed by atoms with Crippen LogP contribution in [-0.4, -0.2) is 25.4 Å². The molecule has 1 rings (SSSR count). The van der Waals surface area contributed by atoms with Gasteiger partial charge >= 0.3 is 5.97 Å². The second-order valence-corrected chi connectivity index (χ2v) is 2.77. The van der Waals surface area contributed by atoms with Gasteiger partial charge in [-0.3, -0.25) is 9.79 Å². The number of halogens is 1. The molecule has 5 heteroatoms. The molecule has 1 heterocycles. The number of aliphatic imine (C=N–C) groups is 1. The molecule has 0 fully saturated rings. The highest BCUT2D eigenvalue weighted by Gasteiger charge is 2.20. The predicted molar refractivity (Wildman–Crippen MR) is 60.8 cm³/mol. The Morgan fingerprint density at radius 1 is 1.73 bits per heavy atom. The Labute approximate surface area is 95.2 Å². The molecule has 0 amide bonds. The number of esters is 1. The summed E-state index contributed by atoms with van der Waals surface area (Å²) in [7, 11) is 0. The highest BCUT2D eigenvalue weighted by molar-refractivity contribution is 5.85. The molecule has 1 aliphatic rings. The monoisotopic (exact) mass is 228 g/mol. The van der Waals surface area contributed by atoms with E-state index in [1.165, 1.54) is 0 Å². The van der Waals surface area contributed by atoms with Crippen LogP contribution in [0.1, 0.15) is 6.92 Å². The van der Waals surface area contributed by atoms with Gasteiger partial charge in [-0.25, -0.2) is 0 Å². The molecule has 0 aromatic carbocycles. The number of nitrogens with one attached hydrogen (secondary N) is 1. The van der Waals surface area contributed by atoms with Crippen LogP contribution in [0.4, 0.5) is 0 Å². The van der Waals surface area contributed by atoms with E-state index in [1.807, 2.05) is 6.92 Å². The summed E-state index contributed by atoms with van der Waals surface area (Å²) in [5, 5.41) is 2.86. The lowest BCUT2D eigenvalue weighted by Crippen LogP contribution is -2.34. The zero-order valence-corrected chi connectivity index (χ0v) is 9.21. The Bertz CT molecular complexity index is 315. The van der Waals surface area contributed by atoms with Crippen LogP contribution in [0.5, 0.6) is 0 Å². The lowest BCUT2D eigenvalue weighted by molar-refractivity contribution is -0.140. The molecule has 0 radical (unpaired) electrons. The van der Waals surface area contributed by atoms with Gasteiger partial charge in [-0.05, 0) is 18.9 Å². The molecular formula is C10H13ClN2O2. The molecule has 0 aromatic heterocycles. The molecule has 15 heavy (non-hydrogen) atoms. The minimum Gasteiger partial charge on any atom is -0.375 e. The second kappa shape index (κ2) is 7.89. The van der Waals surface area contributed by atoms with Crippen molar-refractivity contribution in [2.24, 2.45) is 10.9 Å². The first-order valence-corrected chi connectivity index (χ1v) is 4.38. The van der Waals surface area contributed by atoms with Gasteiger partial charge in [0.15, 0.2) is 0 Å². The molecule has 0 saturated heterocycles. The van der Waals surface area contributed by atoms with E-state index >= 15 is 0 Å². The van der Waals surface area contributed by atoms with Crippen LogP contribution in [0.15, 0.2) is 17.1 Å². The zero-order valence-electron chi connectivity index (χ0n) is 8.40. The first-order chi connectivity index (χ1) is 6.84. The van der Waals surface area contributed by atoms with Crippen molar-refractivity contribution in [2.75, 3.05) is 13.1 Å². The molecular weight excluding hydrogens is 216 g/mol. The summed E-state index contributed by atoms with van der Waals surface area (Å²) in [5.74, 6) is 2.02. The van der Waals surface area contributed by atoms with Crippen LogP contribution in [0.25, 0.3) is 0 Å². The largest absolute Gasteiger partial charge is 0.375 e. The normalized spacial score (nSPS) is 18.3. The molecule has 82 valence electrons.